The quantitative estimate of drug-likeness (QED) is 0.808. The standard InChI is InChI=1S/C14H22ClNO/c1-11(12-6-4-2-3-5-7-12)16-10-13-8-9-14(15)17-13/h8-9,11-12,16H,2-7,10H2,1H3/t11-/m1/s1. The van der Waals surface area contributed by atoms with Crippen LogP contribution in [-0.4, -0.2) is 6.04 Å². The molecule has 1 saturated carbocycles. The third-order valence-corrected chi connectivity index (χ3v) is 4.04. The Hall–Kier alpha value is -0.470. The lowest BCUT2D eigenvalue weighted by Gasteiger charge is -2.23. The van der Waals surface area contributed by atoms with E-state index in [1.807, 2.05) is 6.07 Å². The molecule has 1 aliphatic rings. The Morgan fingerprint density at radius 2 is 2.00 bits per heavy atom. The van der Waals surface area contributed by atoms with E-state index < -0.39 is 0 Å². The van der Waals surface area contributed by atoms with Gasteiger partial charge in [0.25, 0.3) is 0 Å². The van der Waals surface area contributed by atoms with Crippen molar-refractivity contribution < 1.29 is 4.42 Å². The molecule has 2 rings (SSSR count). The molecule has 1 N–H and O–H groups in total. The van der Waals surface area contributed by atoms with Crippen molar-refractivity contribution in [2.75, 3.05) is 0 Å². The summed E-state index contributed by atoms with van der Waals surface area (Å²) in [6.07, 6.45) is 8.35. The zero-order valence-electron chi connectivity index (χ0n) is 10.5. The number of halogens is 1. The van der Waals surface area contributed by atoms with Gasteiger partial charge >= 0.3 is 0 Å². The number of nitrogens with one attached hydrogen (secondary N) is 1. The third-order valence-electron chi connectivity index (χ3n) is 3.83. The van der Waals surface area contributed by atoms with Crippen molar-refractivity contribution in [2.45, 2.75) is 58.0 Å². The van der Waals surface area contributed by atoms with Crippen molar-refractivity contribution in [3.05, 3.63) is 23.1 Å². The fraction of sp³-hybridized carbons (Fsp3) is 0.714. The van der Waals surface area contributed by atoms with Crippen LogP contribution in [0.3, 0.4) is 0 Å². The fourth-order valence-electron chi connectivity index (χ4n) is 2.69. The molecule has 1 aromatic heterocycles. The fourth-order valence-corrected chi connectivity index (χ4v) is 2.85. The van der Waals surface area contributed by atoms with Gasteiger partial charge in [0.15, 0.2) is 5.22 Å². The Labute approximate surface area is 109 Å². The van der Waals surface area contributed by atoms with E-state index >= 15 is 0 Å². The summed E-state index contributed by atoms with van der Waals surface area (Å²) in [5.41, 5.74) is 0. The van der Waals surface area contributed by atoms with Crippen LogP contribution >= 0.6 is 11.6 Å². The maximum Gasteiger partial charge on any atom is 0.193 e. The van der Waals surface area contributed by atoms with Crippen LogP contribution in [0.5, 0.6) is 0 Å². The van der Waals surface area contributed by atoms with Crippen LogP contribution in [0.1, 0.15) is 51.2 Å². The van der Waals surface area contributed by atoms with E-state index in [2.05, 4.69) is 12.2 Å². The second-order valence-corrected chi connectivity index (χ2v) is 5.50. The van der Waals surface area contributed by atoms with Gasteiger partial charge in [-0.1, -0.05) is 25.7 Å². The molecule has 17 heavy (non-hydrogen) atoms. The zero-order valence-corrected chi connectivity index (χ0v) is 11.3. The summed E-state index contributed by atoms with van der Waals surface area (Å²) in [4.78, 5) is 0. The van der Waals surface area contributed by atoms with Crippen molar-refractivity contribution in [1.29, 1.82) is 0 Å². The van der Waals surface area contributed by atoms with E-state index in [0.717, 1.165) is 18.2 Å². The summed E-state index contributed by atoms with van der Waals surface area (Å²) in [5.74, 6) is 1.75. The van der Waals surface area contributed by atoms with E-state index in [-0.39, 0.29) is 0 Å². The zero-order chi connectivity index (χ0) is 12.1. The van der Waals surface area contributed by atoms with Gasteiger partial charge in [-0.05, 0) is 49.4 Å². The smallest absolute Gasteiger partial charge is 0.193 e. The molecule has 0 spiro atoms. The minimum atomic E-state index is 0.476. The lowest BCUT2D eigenvalue weighted by atomic mass is 9.93. The molecule has 1 aromatic rings. The Morgan fingerprint density at radius 1 is 1.29 bits per heavy atom. The molecule has 0 bridgehead atoms. The topological polar surface area (TPSA) is 25.2 Å². The molecule has 0 aromatic carbocycles. The van der Waals surface area contributed by atoms with E-state index in [9.17, 15) is 0 Å². The maximum absolute atomic E-state index is 5.75. The maximum atomic E-state index is 5.75. The summed E-state index contributed by atoms with van der Waals surface area (Å²) in [6, 6.07) is 4.31. The van der Waals surface area contributed by atoms with E-state index in [4.69, 9.17) is 16.0 Å². The molecule has 0 amide bonds. The van der Waals surface area contributed by atoms with Crippen LogP contribution < -0.4 is 5.32 Å². The van der Waals surface area contributed by atoms with Crippen molar-refractivity contribution in [3.63, 3.8) is 0 Å². The molecule has 0 aliphatic heterocycles. The van der Waals surface area contributed by atoms with Gasteiger partial charge in [-0.25, -0.2) is 0 Å². The first-order chi connectivity index (χ1) is 8.25. The average Bonchev–Trinajstić information content (AvgIpc) is 2.58. The molecule has 1 fully saturated rings. The first kappa shape index (κ1) is 13.0. The lowest BCUT2D eigenvalue weighted by Crippen LogP contribution is -2.32. The van der Waals surface area contributed by atoms with Crippen LogP contribution in [0.25, 0.3) is 0 Å². The summed E-state index contributed by atoms with van der Waals surface area (Å²) < 4.78 is 5.35. The summed E-state index contributed by atoms with van der Waals surface area (Å²) in [7, 11) is 0. The predicted octanol–water partition coefficient (Wildman–Crippen LogP) is 4.38. The van der Waals surface area contributed by atoms with Crippen LogP contribution in [-0.2, 0) is 6.54 Å². The Bertz CT molecular complexity index is 329. The van der Waals surface area contributed by atoms with Crippen LogP contribution in [0.15, 0.2) is 16.5 Å². The molecule has 2 nitrogen and oxygen atoms in total. The van der Waals surface area contributed by atoms with E-state index in [0.29, 0.717) is 11.3 Å². The van der Waals surface area contributed by atoms with E-state index in [1.165, 1.54) is 38.5 Å². The highest BCUT2D eigenvalue weighted by molar-refractivity contribution is 6.28. The van der Waals surface area contributed by atoms with Gasteiger partial charge in [0.2, 0.25) is 0 Å². The van der Waals surface area contributed by atoms with Gasteiger partial charge in [-0.15, -0.1) is 0 Å². The van der Waals surface area contributed by atoms with Gasteiger partial charge in [0, 0.05) is 6.04 Å². The molecule has 0 unspecified atom stereocenters. The van der Waals surface area contributed by atoms with Crippen molar-refractivity contribution in [1.82, 2.24) is 5.32 Å². The van der Waals surface area contributed by atoms with Crippen molar-refractivity contribution in [3.8, 4) is 0 Å². The Morgan fingerprint density at radius 3 is 2.59 bits per heavy atom. The summed E-state index contributed by atoms with van der Waals surface area (Å²) >= 11 is 5.75. The number of hydrogen-bond acceptors (Lipinski definition) is 2. The highest BCUT2D eigenvalue weighted by Gasteiger charge is 2.18. The molecular weight excluding hydrogens is 234 g/mol. The van der Waals surface area contributed by atoms with Crippen molar-refractivity contribution >= 4 is 11.6 Å². The molecule has 1 heterocycles. The second kappa shape index (κ2) is 6.46. The third kappa shape index (κ3) is 4.04. The van der Waals surface area contributed by atoms with Gasteiger partial charge in [0.1, 0.15) is 5.76 Å². The monoisotopic (exact) mass is 255 g/mol. The molecule has 0 radical (unpaired) electrons. The number of rotatable bonds is 4. The Balaban J connectivity index is 1.77. The minimum Gasteiger partial charge on any atom is -0.448 e. The van der Waals surface area contributed by atoms with Gasteiger partial charge in [-0.3, -0.25) is 0 Å². The first-order valence-electron chi connectivity index (χ1n) is 6.73. The largest absolute Gasteiger partial charge is 0.448 e. The highest BCUT2D eigenvalue weighted by atomic mass is 35.5. The predicted molar refractivity (Wildman–Crippen MR) is 71.2 cm³/mol. The lowest BCUT2D eigenvalue weighted by molar-refractivity contribution is 0.326. The normalized spacial score (nSPS) is 20.1. The summed E-state index contributed by atoms with van der Waals surface area (Å²) in [5, 5.41) is 4.03. The van der Waals surface area contributed by atoms with Crippen LogP contribution in [0.4, 0.5) is 0 Å². The average molecular weight is 256 g/mol. The minimum absolute atomic E-state index is 0.476. The van der Waals surface area contributed by atoms with Gasteiger partial charge in [-0.2, -0.15) is 0 Å². The summed E-state index contributed by atoms with van der Waals surface area (Å²) in [6.45, 7) is 3.07. The highest BCUT2D eigenvalue weighted by Crippen LogP contribution is 2.25. The molecular formula is C14H22ClNO. The molecule has 1 aliphatic carbocycles. The Kier molecular flexibility index (Phi) is 4.93. The molecule has 3 heteroatoms. The van der Waals surface area contributed by atoms with Crippen LogP contribution in [0, 0.1) is 5.92 Å². The van der Waals surface area contributed by atoms with Crippen molar-refractivity contribution in [2.24, 2.45) is 5.92 Å². The molecule has 1 atom stereocenters. The molecule has 0 saturated heterocycles. The number of hydrogen-bond donors (Lipinski definition) is 1. The van der Waals surface area contributed by atoms with Crippen LogP contribution in [0.2, 0.25) is 5.22 Å². The number of furan rings is 1. The first-order valence-corrected chi connectivity index (χ1v) is 7.11. The van der Waals surface area contributed by atoms with Gasteiger partial charge < -0.3 is 9.73 Å². The SMILES string of the molecule is C[C@@H](NCc1ccc(Cl)o1)C1CCCCCC1. The van der Waals surface area contributed by atoms with Gasteiger partial charge in [0.05, 0.1) is 6.54 Å². The second-order valence-electron chi connectivity index (χ2n) is 5.13. The molecule has 96 valence electrons. The van der Waals surface area contributed by atoms with E-state index in [1.54, 1.807) is 6.07 Å².